The van der Waals surface area contributed by atoms with E-state index in [0.29, 0.717) is 0 Å². The molecule has 0 bridgehead atoms. The fraction of sp³-hybridized carbons (Fsp3) is 1.00. The van der Waals surface area contributed by atoms with E-state index in [2.05, 4.69) is 0 Å². The summed E-state index contributed by atoms with van der Waals surface area (Å²) >= 11 is -1.70. The Hall–Kier alpha value is 0.0700. The van der Waals surface area contributed by atoms with Crippen molar-refractivity contribution in [1.29, 1.82) is 0 Å². The molecule has 0 aromatic heterocycles. The molecule has 10 heavy (non-hydrogen) atoms. The second kappa shape index (κ2) is 3.46. The van der Waals surface area contributed by atoms with E-state index in [1.54, 1.807) is 7.11 Å². The monoisotopic (exact) mass is 164 g/mol. The molecular weight excluding hydrogens is 152 g/mol. The molecule has 60 valence electrons. The molecule has 3 atom stereocenters. The van der Waals surface area contributed by atoms with E-state index in [9.17, 15) is 4.21 Å². The summed E-state index contributed by atoms with van der Waals surface area (Å²) in [5.74, 6) is 0. The van der Waals surface area contributed by atoms with Gasteiger partial charge in [0.1, 0.15) is 0 Å². The Morgan fingerprint density at radius 3 is 2.70 bits per heavy atom. The normalized spacial score (nSPS) is 36.2. The van der Waals surface area contributed by atoms with Gasteiger partial charge in [-0.25, -0.2) is 4.21 Å². The molecule has 1 N–H and O–H groups in total. The van der Waals surface area contributed by atoms with Gasteiger partial charge < -0.3 is 9.29 Å². The first kappa shape index (κ1) is 8.17. The van der Waals surface area contributed by atoms with E-state index in [1.165, 1.54) is 0 Å². The summed E-state index contributed by atoms with van der Waals surface area (Å²) in [6.07, 6.45) is 2.76. The van der Waals surface area contributed by atoms with Gasteiger partial charge in [-0.05, 0) is 19.3 Å². The lowest BCUT2D eigenvalue weighted by Gasteiger charge is -2.13. The topological polar surface area (TPSA) is 46.5 Å². The molecule has 1 aliphatic rings. The summed E-state index contributed by atoms with van der Waals surface area (Å²) in [6, 6.07) is 0. The van der Waals surface area contributed by atoms with Crippen LogP contribution in [0.15, 0.2) is 0 Å². The molecule has 0 heterocycles. The van der Waals surface area contributed by atoms with Crippen LogP contribution >= 0.6 is 0 Å². The van der Waals surface area contributed by atoms with Crippen molar-refractivity contribution in [2.75, 3.05) is 7.11 Å². The summed E-state index contributed by atoms with van der Waals surface area (Å²) in [6.45, 7) is 0. The van der Waals surface area contributed by atoms with Crippen LogP contribution in [-0.4, -0.2) is 27.2 Å². The van der Waals surface area contributed by atoms with Crippen molar-refractivity contribution in [2.45, 2.75) is 30.6 Å². The molecule has 0 spiro atoms. The highest BCUT2D eigenvalue weighted by molar-refractivity contribution is 7.80. The van der Waals surface area contributed by atoms with Gasteiger partial charge in [0, 0.05) is 7.11 Å². The van der Waals surface area contributed by atoms with Gasteiger partial charge in [-0.15, -0.1) is 0 Å². The number of hydrogen-bond donors (Lipinski definition) is 1. The van der Waals surface area contributed by atoms with Crippen molar-refractivity contribution in [3.05, 3.63) is 0 Å². The molecular formula is C6H12O3S. The first-order valence-corrected chi connectivity index (χ1v) is 4.55. The van der Waals surface area contributed by atoms with Gasteiger partial charge in [0.25, 0.3) is 0 Å². The van der Waals surface area contributed by atoms with E-state index in [4.69, 9.17) is 9.29 Å². The van der Waals surface area contributed by atoms with E-state index < -0.39 is 11.1 Å². The van der Waals surface area contributed by atoms with Crippen molar-refractivity contribution in [2.24, 2.45) is 0 Å². The lowest BCUT2D eigenvalue weighted by Crippen LogP contribution is -2.25. The quantitative estimate of drug-likeness (QED) is 0.613. The zero-order chi connectivity index (χ0) is 7.56. The number of rotatable bonds is 2. The van der Waals surface area contributed by atoms with Crippen LogP contribution in [0.3, 0.4) is 0 Å². The van der Waals surface area contributed by atoms with Gasteiger partial charge in [0.05, 0.1) is 11.4 Å². The van der Waals surface area contributed by atoms with Crippen LogP contribution in [-0.2, 0) is 15.8 Å². The first-order valence-electron chi connectivity index (χ1n) is 3.38. The minimum Gasteiger partial charge on any atom is -0.380 e. The Bertz CT molecular complexity index is 137. The molecule has 0 aromatic carbocycles. The van der Waals surface area contributed by atoms with Gasteiger partial charge in [-0.1, -0.05) is 0 Å². The fourth-order valence-corrected chi connectivity index (χ4v) is 2.27. The minimum absolute atomic E-state index is 0.00540. The second-order valence-electron chi connectivity index (χ2n) is 2.52. The highest BCUT2D eigenvalue weighted by atomic mass is 32.2. The average molecular weight is 164 g/mol. The Morgan fingerprint density at radius 2 is 2.30 bits per heavy atom. The van der Waals surface area contributed by atoms with Crippen LogP contribution < -0.4 is 0 Å². The molecule has 0 amide bonds. The minimum atomic E-state index is -1.70. The maximum Gasteiger partial charge on any atom is 0.158 e. The highest BCUT2D eigenvalue weighted by Crippen LogP contribution is 2.24. The predicted molar refractivity (Wildman–Crippen MR) is 39.2 cm³/mol. The smallest absolute Gasteiger partial charge is 0.158 e. The predicted octanol–water partition coefficient (Wildman–Crippen LogP) is 0.776. The van der Waals surface area contributed by atoms with Crippen molar-refractivity contribution < 1.29 is 13.5 Å². The van der Waals surface area contributed by atoms with Crippen LogP contribution in [0.2, 0.25) is 0 Å². The van der Waals surface area contributed by atoms with Crippen molar-refractivity contribution in [3.63, 3.8) is 0 Å². The second-order valence-corrected chi connectivity index (χ2v) is 3.68. The van der Waals surface area contributed by atoms with Crippen molar-refractivity contribution in [3.8, 4) is 0 Å². The number of methoxy groups -OCH3 is 1. The highest BCUT2D eigenvalue weighted by Gasteiger charge is 2.31. The van der Waals surface area contributed by atoms with Gasteiger partial charge in [-0.3, -0.25) is 0 Å². The summed E-state index contributed by atoms with van der Waals surface area (Å²) in [4.78, 5) is 0. The molecule has 1 saturated carbocycles. The Labute approximate surface area is 63.0 Å². The van der Waals surface area contributed by atoms with E-state index >= 15 is 0 Å². The van der Waals surface area contributed by atoms with Crippen LogP contribution in [0.5, 0.6) is 0 Å². The molecule has 1 rings (SSSR count). The van der Waals surface area contributed by atoms with Gasteiger partial charge in [0.15, 0.2) is 11.1 Å². The Balaban J connectivity index is 2.50. The first-order chi connectivity index (χ1) is 4.75. The lowest BCUT2D eigenvalue weighted by atomic mass is 10.3. The van der Waals surface area contributed by atoms with Crippen LogP contribution in [0.1, 0.15) is 19.3 Å². The van der Waals surface area contributed by atoms with Gasteiger partial charge in [-0.2, -0.15) is 0 Å². The third kappa shape index (κ3) is 1.56. The lowest BCUT2D eigenvalue weighted by molar-refractivity contribution is 0.111. The molecule has 0 radical (unpaired) electrons. The molecule has 1 fully saturated rings. The Kier molecular flexibility index (Phi) is 2.82. The third-order valence-corrected chi connectivity index (χ3v) is 3.01. The maximum atomic E-state index is 10.6. The van der Waals surface area contributed by atoms with Gasteiger partial charge in [0.2, 0.25) is 0 Å². The molecule has 0 aliphatic heterocycles. The van der Waals surface area contributed by atoms with Crippen molar-refractivity contribution >= 4 is 11.1 Å². The van der Waals surface area contributed by atoms with Gasteiger partial charge >= 0.3 is 0 Å². The SMILES string of the molecule is CO[C@@H]1CCC[C@H]1S(=O)O. The largest absolute Gasteiger partial charge is 0.380 e. The molecule has 0 saturated heterocycles. The van der Waals surface area contributed by atoms with E-state index in [0.717, 1.165) is 19.3 Å². The standard InChI is InChI=1S/C6H12O3S/c1-9-5-3-2-4-6(5)10(7)8/h5-6H,2-4H2,1H3,(H,7,8)/t5-,6-/m1/s1. The Morgan fingerprint density at radius 1 is 1.60 bits per heavy atom. The zero-order valence-corrected chi connectivity index (χ0v) is 6.76. The van der Waals surface area contributed by atoms with E-state index in [-0.39, 0.29) is 11.4 Å². The number of ether oxygens (including phenoxy) is 1. The maximum absolute atomic E-state index is 10.6. The molecule has 3 nitrogen and oxygen atoms in total. The molecule has 1 aliphatic carbocycles. The summed E-state index contributed by atoms with van der Waals surface area (Å²) < 4.78 is 24.4. The molecule has 1 unspecified atom stereocenters. The third-order valence-electron chi connectivity index (χ3n) is 1.95. The van der Waals surface area contributed by atoms with Crippen LogP contribution in [0, 0.1) is 0 Å². The number of hydrogen-bond acceptors (Lipinski definition) is 2. The summed E-state index contributed by atoms with van der Waals surface area (Å²) in [5.41, 5.74) is 0. The summed E-state index contributed by atoms with van der Waals surface area (Å²) in [7, 11) is 1.59. The molecule has 4 heteroatoms. The van der Waals surface area contributed by atoms with Crippen molar-refractivity contribution in [1.82, 2.24) is 0 Å². The molecule has 0 aromatic rings. The summed E-state index contributed by atoms with van der Waals surface area (Å²) in [5, 5.41) is -0.148. The average Bonchev–Trinajstić information content (AvgIpc) is 2.33. The fourth-order valence-electron chi connectivity index (χ4n) is 1.39. The van der Waals surface area contributed by atoms with Crippen LogP contribution in [0.4, 0.5) is 0 Å². The van der Waals surface area contributed by atoms with Crippen LogP contribution in [0.25, 0.3) is 0 Å². The zero-order valence-electron chi connectivity index (χ0n) is 5.95. The van der Waals surface area contributed by atoms with E-state index in [1.807, 2.05) is 0 Å².